The molecule has 0 aliphatic rings. The summed E-state index contributed by atoms with van der Waals surface area (Å²) in [7, 11) is 0. The normalized spacial score (nSPS) is 10.2. The third-order valence-electron chi connectivity index (χ3n) is 3.23. The van der Waals surface area contributed by atoms with E-state index in [0.29, 0.717) is 17.8 Å². The van der Waals surface area contributed by atoms with E-state index in [4.69, 9.17) is 18.0 Å². The van der Waals surface area contributed by atoms with Gasteiger partial charge in [0.05, 0.1) is 0 Å². The van der Waals surface area contributed by atoms with Crippen molar-refractivity contribution in [2.75, 3.05) is 11.4 Å². The third kappa shape index (κ3) is 3.25. The fourth-order valence-electron chi connectivity index (χ4n) is 2.09. The molecule has 0 bridgehead atoms. The second-order valence-electron chi connectivity index (χ2n) is 4.63. The van der Waals surface area contributed by atoms with Crippen molar-refractivity contribution in [3.05, 3.63) is 59.4 Å². The molecular formula is C16H17N3OS. The smallest absolute Gasteiger partial charge is 0.276 e. The Morgan fingerprint density at radius 2 is 2.00 bits per heavy atom. The summed E-state index contributed by atoms with van der Waals surface area (Å²) in [6, 6.07) is 11.1. The van der Waals surface area contributed by atoms with E-state index in [9.17, 15) is 4.79 Å². The van der Waals surface area contributed by atoms with E-state index in [1.165, 1.54) is 6.20 Å². The van der Waals surface area contributed by atoms with Crippen LogP contribution in [0.15, 0.2) is 42.6 Å². The predicted octanol–water partition coefficient (Wildman–Crippen LogP) is 2.69. The summed E-state index contributed by atoms with van der Waals surface area (Å²) in [6.07, 6.45) is 1.53. The van der Waals surface area contributed by atoms with Crippen molar-refractivity contribution >= 4 is 28.8 Å². The number of hydrogen-bond acceptors (Lipinski definition) is 3. The monoisotopic (exact) mass is 299 g/mol. The molecule has 0 atom stereocenters. The van der Waals surface area contributed by atoms with Crippen molar-refractivity contribution in [1.82, 2.24) is 4.98 Å². The number of rotatable bonds is 4. The van der Waals surface area contributed by atoms with E-state index < -0.39 is 0 Å². The van der Waals surface area contributed by atoms with Gasteiger partial charge in [0.15, 0.2) is 0 Å². The molecule has 21 heavy (non-hydrogen) atoms. The number of carbonyl (C=O) groups is 1. The summed E-state index contributed by atoms with van der Waals surface area (Å²) >= 11 is 4.88. The predicted molar refractivity (Wildman–Crippen MR) is 88.7 cm³/mol. The molecule has 2 aromatic rings. The Labute approximate surface area is 129 Å². The maximum absolute atomic E-state index is 12.6. The van der Waals surface area contributed by atoms with Crippen LogP contribution in [0.25, 0.3) is 0 Å². The summed E-state index contributed by atoms with van der Waals surface area (Å²) in [5.41, 5.74) is 8.50. The number of pyridine rings is 1. The standard InChI is InChI=1S/C16H17N3OS/c1-3-19(14-7-5-4-6-11(14)2)16(20)13-9-8-12(10-18-13)15(17)21/h4-10H,3H2,1-2H3,(H2,17,21). The molecule has 2 N–H and O–H groups in total. The molecule has 0 saturated carbocycles. The molecule has 0 saturated heterocycles. The van der Waals surface area contributed by atoms with Gasteiger partial charge < -0.3 is 10.6 Å². The average Bonchev–Trinajstić information content (AvgIpc) is 2.50. The van der Waals surface area contributed by atoms with E-state index >= 15 is 0 Å². The molecule has 5 heteroatoms. The van der Waals surface area contributed by atoms with Crippen LogP contribution >= 0.6 is 12.2 Å². The van der Waals surface area contributed by atoms with Crippen molar-refractivity contribution in [3.63, 3.8) is 0 Å². The minimum absolute atomic E-state index is 0.138. The van der Waals surface area contributed by atoms with Gasteiger partial charge in [-0.05, 0) is 37.6 Å². The largest absolute Gasteiger partial charge is 0.389 e. The lowest BCUT2D eigenvalue weighted by molar-refractivity contribution is 0.0983. The quantitative estimate of drug-likeness (QED) is 0.882. The number of benzene rings is 1. The second-order valence-corrected chi connectivity index (χ2v) is 5.07. The number of amides is 1. The van der Waals surface area contributed by atoms with Gasteiger partial charge in [0.2, 0.25) is 0 Å². The van der Waals surface area contributed by atoms with E-state index in [1.54, 1.807) is 17.0 Å². The number of aromatic nitrogens is 1. The molecule has 1 heterocycles. The van der Waals surface area contributed by atoms with Crippen LogP contribution in [0, 0.1) is 6.92 Å². The van der Waals surface area contributed by atoms with Crippen molar-refractivity contribution < 1.29 is 4.79 Å². The van der Waals surface area contributed by atoms with Gasteiger partial charge in [-0.25, -0.2) is 0 Å². The van der Waals surface area contributed by atoms with E-state index in [2.05, 4.69) is 4.98 Å². The maximum Gasteiger partial charge on any atom is 0.276 e. The molecule has 0 radical (unpaired) electrons. The Morgan fingerprint density at radius 3 is 2.52 bits per heavy atom. The van der Waals surface area contributed by atoms with Gasteiger partial charge in [0.1, 0.15) is 10.7 Å². The number of para-hydroxylation sites is 1. The molecule has 0 aliphatic heterocycles. The summed E-state index contributed by atoms with van der Waals surface area (Å²) in [6.45, 7) is 4.49. The Morgan fingerprint density at radius 1 is 1.29 bits per heavy atom. The zero-order chi connectivity index (χ0) is 15.4. The van der Waals surface area contributed by atoms with Crippen LogP contribution in [0.4, 0.5) is 5.69 Å². The van der Waals surface area contributed by atoms with Crippen LogP contribution in [-0.4, -0.2) is 22.4 Å². The number of nitrogens with two attached hydrogens (primary N) is 1. The highest BCUT2D eigenvalue weighted by molar-refractivity contribution is 7.80. The molecule has 0 aliphatic carbocycles. The van der Waals surface area contributed by atoms with Gasteiger partial charge in [-0.1, -0.05) is 30.4 Å². The summed E-state index contributed by atoms with van der Waals surface area (Å²) < 4.78 is 0. The third-order valence-corrected chi connectivity index (χ3v) is 3.47. The van der Waals surface area contributed by atoms with Gasteiger partial charge in [-0.15, -0.1) is 0 Å². The number of carbonyl (C=O) groups excluding carboxylic acids is 1. The Bertz CT molecular complexity index is 667. The van der Waals surface area contributed by atoms with Gasteiger partial charge in [-0.2, -0.15) is 0 Å². The number of anilines is 1. The molecule has 1 aromatic carbocycles. The van der Waals surface area contributed by atoms with Crippen molar-refractivity contribution in [2.45, 2.75) is 13.8 Å². The lowest BCUT2D eigenvalue weighted by Crippen LogP contribution is -2.32. The minimum Gasteiger partial charge on any atom is -0.389 e. The fourth-order valence-corrected chi connectivity index (χ4v) is 2.21. The lowest BCUT2D eigenvalue weighted by atomic mass is 10.1. The first kappa shape index (κ1) is 15.1. The molecular weight excluding hydrogens is 282 g/mol. The number of thiocarbonyl (C=S) groups is 1. The van der Waals surface area contributed by atoms with Gasteiger partial charge >= 0.3 is 0 Å². The molecule has 1 amide bonds. The van der Waals surface area contributed by atoms with Crippen LogP contribution in [0.1, 0.15) is 28.5 Å². The van der Waals surface area contributed by atoms with E-state index in [-0.39, 0.29) is 10.9 Å². The molecule has 2 rings (SSSR count). The first-order chi connectivity index (χ1) is 10.0. The lowest BCUT2D eigenvalue weighted by Gasteiger charge is -2.22. The van der Waals surface area contributed by atoms with Crippen molar-refractivity contribution in [3.8, 4) is 0 Å². The Kier molecular flexibility index (Phi) is 4.65. The van der Waals surface area contributed by atoms with Crippen LogP contribution in [0.2, 0.25) is 0 Å². The highest BCUT2D eigenvalue weighted by Gasteiger charge is 2.18. The molecule has 4 nitrogen and oxygen atoms in total. The SMILES string of the molecule is CCN(C(=O)c1ccc(C(N)=S)cn1)c1ccccc1C. The zero-order valence-corrected chi connectivity index (χ0v) is 12.9. The summed E-state index contributed by atoms with van der Waals surface area (Å²) in [5, 5.41) is 0. The van der Waals surface area contributed by atoms with Crippen LogP contribution in [-0.2, 0) is 0 Å². The van der Waals surface area contributed by atoms with Gasteiger partial charge in [0.25, 0.3) is 5.91 Å². The molecule has 1 aromatic heterocycles. The second kappa shape index (κ2) is 6.45. The maximum atomic E-state index is 12.6. The highest BCUT2D eigenvalue weighted by Crippen LogP contribution is 2.21. The molecule has 108 valence electrons. The number of nitrogens with zero attached hydrogens (tertiary/aromatic N) is 2. The highest BCUT2D eigenvalue weighted by atomic mass is 32.1. The average molecular weight is 299 g/mol. The minimum atomic E-state index is -0.138. The first-order valence-corrected chi connectivity index (χ1v) is 7.08. The van der Waals surface area contributed by atoms with Crippen LogP contribution < -0.4 is 10.6 Å². The summed E-state index contributed by atoms with van der Waals surface area (Å²) in [4.78, 5) is 18.8. The number of aryl methyl sites for hydroxylation is 1. The first-order valence-electron chi connectivity index (χ1n) is 6.68. The molecule has 0 fully saturated rings. The van der Waals surface area contributed by atoms with E-state index in [1.807, 2.05) is 38.1 Å². The Balaban J connectivity index is 2.32. The van der Waals surface area contributed by atoms with Gasteiger partial charge in [-0.3, -0.25) is 9.78 Å². The van der Waals surface area contributed by atoms with E-state index in [0.717, 1.165) is 11.3 Å². The van der Waals surface area contributed by atoms with Crippen LogP contribution in [0.3, 0.4) is 0 Å². The molecule has 0 spiro atoms. The fraction of sp³-hybridized carbons (Fsp3) is 0.188. The van der Waals surface area contributed by atoms with Crippen LogP contribution in [0.5, 0.6) is 0 Å². The molecule has 0 unspecified atom stereocenters. The summed E-state index contributed by atoms with van der Waals surface area (Å²) in [5.74, 6) is -0.138. The number of hydrogen-bond donors (Lipinski definition) is 1. The van der Waals surface area contributed by atoms with Crippen molar-refractivity contribution in [2.24, 2.45) is 5.73 Å². The topological polar surface area (TPSA) is 59.2 Å². The Hall–Kier alpha value is -2.27. The van der Waals surface area contributed by atoms with Gasteiger partial charge in [0, 0.05) is 24.0 Å². The zero-order valence-electron chi connectivity index (χ0n) is 12.0. The van der Waals surface area contributed by atoms with Crippen molar-refractivity contribution in [1.29, 1.82) is 0 Å².